The first-order chi connectivity index (χ1) is 18.6. The van der Waals surface area contributed by atoms with Gasteiger partial charge in [0.15, 0.2) is 11.5 Å². The molecule has 39 heavy (non-hydrogen) atoms. The lowest BCUT2D eigenvalue weighted by molar-refractivity contribution is -0.139. The van der Waals surface area contributed by atoms with E-state index < -0.39 is 28.5 Å². The smallest absolute Gasteiger partial charge is 0.244 e. The number of nitrogens with one attached hydrogen (secondary N) is 1. The minimum atomic E-state index is -3.91. The fourth-order valence-electron chi connectivity index (χ4n) is 4.10. The van der Waals surface area contributed by atoms with Crippen LogP contribution in [0.4, 0.5) is 5.69 Å². The average molecular weight is 574 g/mol. The first-order valence-electron chi connectivity index (χ1n) is 12.1. The van der Waals surface area contributed by atoms with Crippen molar-refractivity contribution < 1.29 is 27.5 Å². The predicted octanol–water partition coefficient (Wildman–Crippen LogP) is 3.51. The summed E-state index contributed by atoms with van der Waals surface area (Å²) >= 11 is 6.05. The molecular weight excluding hydrogens is 542 g/mol. The van der Waals surface area contributed by atoms with Crippen molar-refractivity contribution in [2.75, 3.05) is 38.4 Å². The Morgan fingerprint density at radius 3 is 2.13 bits per heavy atom. The molecule has 3 aromatic rings. The lowest BCUT2D eigenvalue weighted by Crippen LogP contribution is -2.52. The van der Waals surface area contributed by atoms with E-state index in [1.807, 2.05) is 30.3 Å². The molecule has 208 valence electrons. The minimum Gasteiger partial charge on any atom is -0.493 e. The van der Waals surface area contributed by atoms with E-state index in [2.05, 4.69) is 5.32 Å². The van der Waals surface area contributed by atoms with E-state index in [4.69, 9.17) is 21.1 Å². The van der Waals surface area contributed by atoms with Gasteiger partial charge in [-0.1, -0.05) is 54.1 Å². The monoisotopic (exact) mass is 573 g/mol. The van der Waals surface area contributed by atoms with Crippen molar-refractivity contribution in [3.63, 3.8) is 0 Å². The Morgan fingerprint density at radius 1 is 0.923 bits per heavy atom. The van der Waals surface area contributed by atoms with Crippen molar-refractivity contribution in [3.8, 4) is 11.5 Å². The molecule has 0 unspecified atom stereocenters. The zero-order valence-electron chi connectivity index (χ0n) is 22.3. The number of likely N-dealkylation sites (N-methyl/N-ethyl adjacent to an activating group) is 1. The molecule has 0 aliphatic rings. The third kappa shape index (κ3) is 7.87. The highest BCUT2D eigenvalue weighted by Gasteiger charge is 2.32. The number of ether oxygens (including phenoxy) is 2. The summed E-state index contributed by atoms with van der Waals surface area (Å²) in [7, 11) is 0.491. The van der Waals surface area contributed by atoms with Gasteiger partial charge in [0.2, 0.25) is 21.8 Å². The van der Waals surface area contributed by atoms with Crippen molar-refractivity contribution in [2.45, 2.75) is 19.0 Å². The molecule has 0 saturated heterocycles. The molecule has 3 aromatic carbocycles. The van der Waals surface area contributed by atoms with Crippen LogP contribution in [0.15, 0.2) is 72.8 Å². The SMILES string of the molecule is CNC(=O)[C@H](Cc1ccccc1)N(Cc1ccc(Cl)cc1)C(=O)CN(c1ccc(OC)c(OC)c1)S(C)(=O)=O. The summed E-state index contributed by atoms with van der Waals surface area (Å²) in [5.74, 6) is -0.220. The predicted molar refractivity (Wildman–Crippen MR) is 152 cm³/mol. The number of nitrogens with zero attached hydrogens (tertiary/aromatic N) is 2. The zero-order chi connectivity index (χ0) is 28.6. The molecule has 1 N–H and O–H groups in total. The van der Waals surface area contributed by atoms with Crippen LogP contribution >= 0.6 is 11.6 Å². The Morgan fingerprint density at radius 2 is 1.56 bits per heavy atom. The molecular formula is C28H32ClN3O6S. The molecule has 0 aromatic heterocycles. The number of benzene rings is 3. The first kappa shape index (κ1) is 29.8. The Kier molecular flexibility index (Phi) is 10.2. The summed E-state index contributed by atoms with van der Waals surface area (Å²) in [4.78, 5) is 28.5. The lowest BCUT2D eigenvalue weighted by atomic mass is 10.0. The highest BCUT2D eigenvalue weighted by molar-refractivity contribution is 7.92. The number of carbonyl (C=O) groups is 2. The van der Waals surface area contributed by atoms with Crippen LogP contribution in [0.1, 0.15) is 11.1 Å². The van der Waals surface area contributed by atoms with Gasteiger partial charge in [-0.2, -0.15) is 0 Å². The van der Waals surface area contributed by atoms with Crippen molar-refractivity contribution in [1.82, 2.24) is 10.2 Å². The molecule has 11 heteroatoms. The number of hydrogen-bond acceptors (Lipinski definition) is 6. The third-order valence-electron chi connectivity index (χ3n) is 6.12. The van der Waals surface area contributed by atoms with Gasteiger partial charge < -0.3 is 19.7 Å². The molecule has 0 fully saturated rings. The van der Waals surface area contributed by atoms with Gasteiger partial charge >= 0.3 is 0 Å². The lowest BCUT2D eigenvalue weighted by Gasteiger charge is -2.33. The molecule has 0 heterocycles. The number of sulfonamides is 1. The largest absolute Gasteiger partial charge is 0.493 e. The number of rotatable bonds is 12. The number of anilines is 1. The van der Waals surface area contributed by atoms with E-state index in [9.17, 15) is 18.0 Å². The van der Waals surface area contributed by atoms with E-state index >= 15 is 0 Å². The van der Waals surface area contributed by atoms with Crippen LogP contribution in [0.3, 0.4) is 0 Å². The van der Waals surface area contributed by atoms with Crippen LogP contribution in [-0.4, -0.2) is 65.2 Å². The van der Waals surface area contributed by atoms with Crippen molar-refractivity contribution in [1.29, 1.82) is 0 Å². The van der Waals surface area contributed by atoms with Crippen LogP contribution in [-0.2, 0) is 32.6 Å². The summed E-state index contributed by atoms with van der Waals surface area (Å²) in [6, 6.07) is 19.9. The maximum absolute atomic E-state index is 13.9. The van der Waals surface area contributed by atoms with Crippen molar-refractivity contribution in [2.24, 2.45) is 0 Å². The second kappa shape index (κ2) is 13.3. The van der Waals surface area contributed by atoms with Gasteiger partial charge in [-0.25, -0.2) is 8.42 Å². The molecule has 2 amide bonds. The van der Waals surface area contributed by atoms with E-state index in [1.165, 1.54) is 38.3 Å². The zero-order valence-corrected chi connectivity index (χ0v) is 23.8. The van der Waals surface area contributed by atoms with E-state index in [-0.39, 0.29) is 24.6 Å². The molecule has 0 aliphatic carbocycles. The number of carbonyl (C=O) groups excluding carboxylic acids is 2. The van der Waals surface area contributed by atoms with Gasteiger partial charge in [0.25, 0.3) is 0 Å². The summed E-state index contributed by atoms with van der Waals surface area (Å²) in [5, 5.41) is 3.17. The van der Waals surface area contributed by atoms with E-state index in [1.54, 1.807) is 30.3 Å². The van der Waals surface area contributed by atoms with Gasteiger partial charge in [0, 0.05) is 31.1 Å². The molecule has 9 nitrogen and oxygen atoms in total. The third-order valence-corrected chi connectivity index (χ3v) is 7.51. The molecule has 0 radical (unpaired) electrons. The number of halogens is 1. The van der Waals surface area contributed by atoms with Gasteiger partial charge in [-0.05, 0) is 35.4 Å². The van der Waals surface area contributed by atoms with E-state index in [0.717, 1.165) is 21.7 Å². The van der Waals surface area contributed by atoms with Gasteiger partial charge in [-0.15, -0.1) is 0 Å². The maximum Gasteiger partial charge on any atom is 0.244 e. The normalized spacial score (nSPS) is 11.8. The number of amides is 2. The standard InChI is InChI=1S/C28H32ClN3O6S/c1-30-28(34)24(16-20-8-6-5-7-9-20)31(18-21-10-12-22(29)13-11-21)27(33)19-32(39(4,35)36)23-14-15-25(37-2)26(17-23)38-3/h5-15,17,24H,16,18-19H2,1-4H3,(H,30,34)/t24-/m0/s1. The van der Waals surface area contributed by atoms with Crippen LogP contribution < -0.4 is 19.1 Å². The fraction of sp³-hybridized carbons (Fsp3) is 0.286. The topological polar surface area (TPSA) is 105 Å². The van der Waals surface area contributed by atoms with E-state index in [0.29, 0.717) is 16.5 Å². The fourth-order valence-corrected chi connectivity index (χ4v) is 5.07. The van der Waals surface area contributed by atoms with Crippen LogP contribution in [0, 0.1) is 0 Å². The van der Waals surface area contributed by atoms with Gasteiger partial charge in [0.1, 0.15) is 12.6 Å². The van der Waals surface area contributed by atoms with Gasteiger partial charge in [0.05, 0.1) is 26.2 Å². The first-order valence-corrected chi connectivity index (χ1v) is 14.3. The molecule has 0 saturated carbocycles. The van der Waals surface area contributed by atoms with Crippen molar-refractivity contribution >= 4 is 39.1 Å². The van der Waals surface area contributed by atoms with Crippen LogP contribution in [0.25, 0.3) is 0 Å². The minimum absolute atomic E-state index is 0.0600. The summed E-state index contributed by atoms with van der Waals surface area (Å²) in [6.45, 7) is -0.478. The summed E-state index contributed by atoms with van der Waals surface area (Å²) in [6.07, 6.45) is 1.25. The second-order valence-electron chi connectivity index (χ2n) is 8.78. The number of hydrogen-bond donors (Lipinski definition) is 1. The summed E-state index contributed by atoms with van der Waals surface area (Å²) < 4.78 is 37.3. The molecule has 3 rings (SSSR count). The highest BCUT2D eigenvalue weighted by Crippen LogP contribution is 2.32. The number of methoxy groups -OCH3 is 2. The highest BCUT2D eigenvalue weighted by atomic mass is 35.5. The average Bonchev–Trinajstić information content (AvgIpc) is 2.93. The second-order valence-corrected chi connectivity index (χ2v) is 11.1. The van der Waals surface area contributed by atoms with Crippen LogP contribution in [0.2, 0.25) is 5.02 Å². The van der Waals surface area contributed by atoms with Gasteiger partial charge in [-0.3, -0.25) is 13.9 Å². The molecule has 0 spiro atoms. The molecule has 0 bridgehead atoms. The Bertz CT molecular complexity index is 1380. The van der Waals surface area contributed by atoms with Crippen molar-refractivity contribution in [3.05, 3.63) is 88.9 Å². The molecule has 1 atom stereocenters. The Hall–Kier alpha value is -3.76. The quantitative estimate of drug-likeness (QED) is 0.355. The maximum atomic E-state index is 13.9. The Balaban J connectivity index is 2.04. The molecule has 0 aliphatic heterocycles. The van der Waals surface area contributed by atoms with Crippen LogP contribution in [0.5, 0.6) is 11.5 Å². The summed E-state index contributed by atoms with van der Waals surface area (Å²) in [5.41, 5.74) is 1.79. The Labute approximate surface area is 234 Å².